The van der Waals surface area contributed by atoms with Crippen molar-refractivity contribution in [2.24, 2.45) is 11.7 Å². The molecule has 0 radical (unpaired) electrons. The lowest BCUT2D eigenvalue weighted by Crippen LogP contribution is -2.49. The van der Waals surface area contributed by atoms with Crippen LogP contribution < -0.4 is 10.6 Å². The van der Waals surface area contributed by atoms with E-state index < -0.39 is 0 Å². The van der Waals surface area contributed by atoms with E-state index in [9.17, 15) is 4.79 Å². The number of carbonyl (C=O) groups is 1. The van der Waals surface area contributed by atoms with Crippen molar-refractivity contribution >= 4 is 36.4 Å². The molecule has 0 bridgehead atoms. The molecule has 160 valence electrons. The minimum atomic E-state index is 0. The van der Waals surface area contributed by atoms with E-state index in [1.54, 1.807) is 0 Å². The number of rotatable bonds is 4. The van der Waals surface area contributed by atoms with Gasteiger partial charge in [-0.1, -0.05) is 6.92 Å². The van der Waals surface area contributed by atoms with Crippen molar-refractivity contribution in [3.8, 4) is 0 Å². The van der Waals surface area contributed by atoms with Gasteiger partial charge in [0.1, 0.15) is 0 Å². The highest BCUT2D eigenvalue weighted by molar-refractivity contribution is 5.95. The van der Waals surface area contributed by atoms with Crippen LogP contribution in [-0.2, 0) is 0 Å². The van der Waals surface area contributed by atoms with Crippen LogP contribution in [0.15, 0.2) is 24.3 Å². The molecule has 1 amide bonds. The third-order valence-electron chi connectivity index (χ3n) is 6.03. The number of anilines is 1. The third-order valence-corrected chi connectivity index (χ3v) is 6.03. The number of benzene rings is 1. The second kappa shape index (κ2) is 11.2. The average Bonchev–Trinajstić information content (AvgIpc) is 2.67. The fraction of sp³-hybridized carbons (Fsp3) is 0.667. The Morgan fingerprint density at radius 2 is 1.68 bits per heavy atom. The molecule has 2 fully saturated rings. The Morgan fingerprint density at radius 3 is 2.21 bits per heavy atom. The summed E-state index contributed by atoms with van der Waals surface area (Å²) >= 11 is 0. The summed E-state index contributed by atoms with van der Waals surface area (Å²) in [4.78, 5) is 19.8. The summed E-state index contributed by atoms with van der Waals surface area (Å²) in [5.41, 5.74) is 7.92. The fourth-order valence-corrected chi connectivity index (χ4v) is 4.22. The van der Waals surface area contributed by atoms with E-state index in [2.05, 4.69) is 42.7 Å². The van der Waals surface area contributed by atoms with Gasteiger partial charge in [0.2, 0.25) is 0 Å². The monoisotopic (exact) mass is 430 g/mol. The van der Waals surface area contributed by atoms with Crippen LogP contribution in [0.5, 0.6) is 0 Å². The lowest BCUT2D eigenvalue weighted by molar-refractivity contribution is 0.0573. The molecule has 5 nitrogen and oxygen atoms in total. The molecular formula is C21H36Cl2N4O. The maximum atomic E-state index is 12.9. The number of nitrogens with zero attached hydrogens (tertiary/aromatic N) is 3. The van der Waals surface area contributed by atoms with Crippen LogP contribution in [0.4, 0.5) is 5.69 Å². The quantitative estimate of drug-likeness (QED) is 0.795. The predicted octanol–water partition coefficient (Wildman–Crippen LogP) is 3.26. The van der Waals surface area contributed by atoms with Gasteiger partial charge in [0.05, 0.1) is 0 Å². The number of hydrogen-bond donors (Lipinski definition) is 1. The van der Waals surface area contributed by atoms with Gasteiger partial charge in [0, 0.05) is 62.6 Å². The van der Waals surface area contributed by atoms with Crippen molar-refractivity contribution in [3.63, 3.8) is 0 Å². The third kappa shape index (κ3) is 5.76. The van der Waals surface area contributed by atoms with Crippen molar-refractivity contribution in [1.82, 2.24) is 9.80 Å². The molecule has 1 aromatic rings. The SMILES string of the molecule is CC1CCN(C(=O)c2ccc(N3CCN(C(C)C)CC3)cc2)C(CN)C1.Cl.Cl. The number of likely N-dealkylation sites (tertiary alicyclic amines) is 1. The molecule has 0 saturated carbocycles. The zero-order valence-corrected chi connectivity index (χ0v) is 19.0. The van der Waals surface area contributed by atoms with Crippen molar-refractivity contribution in [3.05, 3.63) is 29.8 Å². The predicted molar refractivity (Wildman–Crippen MR) is 122 cm³/mol. The van der Waals surface area contributed by atoms with E-state index in [0.717, 1.165) is 51.1 Å². The molecular weight excluding hydrogens is 395 g/mol. The van der Waals surface area contributed by atoms with E-state index in [0.29, 0.717) is 18.5 Å². The summed E-state index contributed by atoms with van der Waals surface area (Å²) in [5, 5.41) is 0. The Bertz CT molecular complexity index is 603. The Balaban J connectivity index is 0.00000196. The number of hydrogen-bond acceptors (Lipinski definition) is 4. The molecule has 28 heavy (non-hydrogen) atoms. The zero-order valence-electron chi connectivity index (χ0n) is 17.3. The number of nitrogens with two attached hydrogens (primary N) is 1. The molecule has 2 N–H and O–H groups in total. The standard InChI is InChI=1S/C21H34N4O.2ClH/c1-16(2)23-10-12-24(13-11-23)19-6-4-18(5-7-19)21(26)25-9-8-17(3)14-20(25)15-22;;/h4-7,16-17,20H,8-15,22H2,1-3H3;2*1H. The van der Waals surface area contributed by atoms with Crippen molar-refractivity contribution in [1.29, 1.82) is 0 Å². The number of carbonyl (C=O) groups excluding carboxylic acids is 1. The molecule has 0 aromatic heterocycles. The Morgan fingerprint density at radius 1 is 1.07 bits per heavy atom. The highest BCUT2D eigenvalue weighted by Crippen LogP contribution is 2.25. The zero-order chi connectivity index (χ0) is 18.7. The van der Waals surface area contributed by atoms with Crippen LogP contribution in [0.1, 0.15) is 44.0 Å². The van der Waals surface area contributed by atoms with Gasteiger partial charge < -0.3 is 15.5 Å². The molecule has 2 unspecified atom stereocenters. The van der Waals surface area contributed by atoms with Gasteiger partial charge in [-0.25, -0.2) is 0 Å². The number of amides is 1. The van der Waals surface area contributed by atoms with Crippen molar-refractivity contribution in [2.75, 3.05) is 44.2 Å². The largest absolute Gasteiger partial charge is 0.369 e. The van der Waals surface area contributed by atoms with Crippen LogP contribution >= 0.6 is 24.8 Å². The molecule has 2 atom stereocenters. The van der Waals surface area contributed by atoms with Crippen LogP contribution in [0.25, 0.3) is 0 Å². The molecule has 2 aliphatic heterocycles. The number of halogens is 2. The van der Waals surface area contributed by atoms with Gasteiger partial charge in [0.25, 0.3) is 5.91 Å². The average molecular weight is 431 g/mol. The molecule has 2 saturated heterocycles. The smallest absolute Gasteiger partial charge is 0.254 e. The molecule has 0 spiro atoms. The van der Waals surface area contributed by atoms with Crippen LogP contribution in [-0.4, -0.2) is 67.1 Å². The Kier molecular flexibility index (Phi) is 10.1. The lowest BCUT2D eigenvalue weighted by atomic mass is 9.92. The van der Waals surface area contributed by atoms with Crippen molar-refractivity contribution < 1.29 is 4.79 Å². The molecule has 7 heteroatoms. The van der Waals surface area contributed by atoms with Crippen LogP contribution in [0, 0.1) is 5.92 Å². The summed E-state index contributed by atoms with van der Waals surface area (Å²) in [7, 11) is 0. The first-order valence-corrected chi connectivity index (χ1v) is 10.1. The lowest BCUT2D eigenvalue weighted by Gasteiger charge is -2.39. The van der Waals surface area contributed by atoms with Gasteiger partial charge in [-0.2, -0.15) is 0 Å². The maximum absolute atomic E-state index is 12.9. The Labute approximate surface area is 182 Å². The molecule has 1 aromatic carbocycles. The molecule has 0 aliphatic carbocycles. The van der Waals surface area contributed by atoms with Gasteiger partial charge >= 0.3 is 0 Å². The van der Waals surface area contributed by atoms with Gasteiger partial charge in [0.15, 0.2) is 0 Å². The highest BCUT2D eigenvalue weighted by atomic mass is 35.5. The summed E-state index contributed by atoms with van der Waals surface area (Å²) in [6.45, 7) is 12.4. The first-order valence-electron chi connectivity index (χ1n) is 10.1. The number of piperazine rings is 1. The van der Waals surface area contributed by atoms with Crippen LogP contribution in [0.3, 0.4) is 0 Å². The number of piperidine rings is 1. The van der Waals surface area contributed by atoms with Crippen molar-refractivity contribution in [2.45, 2.75) is 45.7 Å². The van der Waals surface area contributed by atoms with E-state index >= 15 is 0 Å². The van der Waals surface area contributed by atoms with Gasteiger partial charge in [-0.15, -0.1) is 24.8 Å². The second-order valence-electron chi connectivity index (χ2n) is 8.18. The van der Waals surface area contributed by atoms with E-state index in [1.807, 2.05) is 17.0 Å². The van der Waals surface area contributed by atoms with Gasteiger partial charge in [-0.3, -0.25) is 9.69 Å². The minimum Gasteiger partial charge on any atom is -0.369 e. The fourth-order valence-electron chi connectivity index (χ4n) is 4.22. The topological polar surface area (TPSA) is 52.8 Å². The summed E-state index contributed by atoms with van der Waals surface area (Å²) < 4.78 is 0. The maximum Gasteiger partial charge on any atom is 0.254 e. The van der Waals surface area contributed by atoms with E-state index in [4.69, 9.17) is 5.73 Å². The van der Waals surface area contributed by atoms with Crippen LogP contribution in [0.2, 0.25) is 0 Å². The summed E-state index contributed by atoms with van der Waals surface area (Å²) in [6, 6.07) is 8.95. The molecule has 2 heterocycles. The summed E-state index contributed by atoms with van der Waals surface area (Å²) in [5.74, 6) is 0.781. The van der Waals surface area contributed by atoms with E-state index in [1.165, 1.54) is 5.69 Å². The molecule has 3 rings (SSSR count). The second-order valence-corrected chi connectivity index (χ2v) is 8.18. The normalized spacial score (nSPS) is 23.2. The molecule has 2 aliphatic rings. The first-order chi connectivity index (χ1) is 12.5. The van der Waals surface area contributed by atoms with E-state index in [-0.39, 0.29) is 36.8 Å². The highest BCUT2D eigenvalue weighted by Gasteiger charge is 2.29. The first kappa shape index (κ1) is 25.0. The Hall–Kier alpha value is -1.01. The minimum absolute atomic E-state index is 0. The van der Waals surface area contributed by atoms with Gasteiger partial charge in [-0.05, 0) is 56.9 Å². The summed E-state index contributed by atoms with van der Waals surface area (Å²) in [6.07, 6.45) is 2.08.